The normalized spacial score (nSPS) is 18.1. The molecular formula is C38H48F3N5O7S. The van der Waals surface area contributed by atoms with E-state index in [9.17, 15) is 31.2 Å². The summed E-state index contributed by atoms with van der Waals surface area (Å²) >= 11 is 0. The third-order valence-corrected chi connectivity index (χ3v) is 10.7. The molecular weight excluding hydrogens is 728 g/mol. The number of aryl methyl sites for hydroxylation is 1. The van der Waals surface area contributed by atoms with E-state index >= 15 is 0 Å². The molecule has 1 aromatic heterocycles. The molecule has 2 aliphatic heterocycles. The van der Waals surface area contributed by atoms with Gasteiger partial charge in [-0.3, -0.25) is 4.90 Å². The SMILES string of the molecule is CCCc1ccc([C@@H](Oc2cc(N3CCC4(CC3)CC(C(=O)OCC)N(C(=O)OC(C)(C)C)C4)nc(N)n2)C(F)(F)F)c(-c2cccc(S(C)(=O)=O)c2)c1. The van der Waals surface area contributed by atoms with Crippen LogP contribution in [-0.4, -0.2) is 85.7 Å². The maximum absolute atomic E-state index is 15.0. The second kappa shape index (κ2) is 15.6. The lowest BCUT2D eigenvalue weighted by atomic mass is 9.76. The van der Waals surface area contributed by atoms with Crippen LogP contribution < -0.4 is 15.4 Å². The highest BCUT2D eigenvalue weighted by Gasteiger charge is 2.51. The lowest BCUT2D eigenvalue weighted by molar-refractivity contribution is -0.198. The van der Waals surface area contributed by atoms with Crippen LogP contribution in [0.25, 0.3) is 11.1 Å². The van der Waals surface area contributed by atoms with E-state index < -0.39 is 57.1 Å². The van der Waals surface area contributed by atoms with E-state index in [0.29, 0.717) is 38.8 Å². The third-order valence-electron chi connectivity index (χ3n) is 9.60. The summed E-state index contributed by atoms with van der Waals surface area (Å²) in [6.45, 7) is 10.1. The summed E-state index contributed by atoms with van der Waals surface area (Å²) in [7, 11) is -3.65. The topological polar surface area (TPSA) is 154 Å². The van der Waals surface area contributed by atoms with Crippen LogP contribution in [0.3, 0.4) is 0 Å². The number of nitrogen functional groups attached to an aromatic ring is 1. The van der Waals surface area contributed by atoms with Crippen LogP contribution in [0.2, 0.25) is 0 Å². The molecule has 294 valence electrons. The average molecular weight is 776 g/mol. The number of alkyl halides is 3. The third kappa shape index (κ3) is 9.54. The van der Waals surface area contributed by atoms with Crippen LogP contribution in [0.5, 0.6) is 5.88 Å². The number of hydrogen-bond donors (Lipinski definition) is 1. The fourth-order valence-electron chi connectivity index (χ4n) is 7.09. The Hall–Kier alpha value is -4.60. The molecule has 12 nitrogen and oxygen atoms in total. The van der Waals surface area contributed by atoms with E-state index in [-0.39, 0.29) is 46.5 Å². The van der Waals surface area contributed by atoms with Gasteiger partial charge in [0.25, 0.3) is 0 Å². The van der Waals surface area contributed by atoms with E-state index in [2.05, 4.69) is 9.97 Å². The molecule has 0 bridgehead atoms. The van der Waals surface area contributed by atoms with E-state index in [1.54, 1.807) is 45.9 Å². The molecule has 2 atom stereocenters. The number of halogens is 3. The number of carbonyl (C=O) groups is 2. The van der Waals surface area contributed by atoms with Gasteiger partial charge in [-0.15, -0.1) is 0 Å². The minimum atomic E-state index is -4.91. The molecule has 2 aliphatic rings. The van der Waals surface area contributed by atoms with Crippen LogP contribution in [0, 0.1) is 5.41 Å². The van der Waals surface area contributed by atoms with Crippen LogP contribution in [0.15, 0.2) is 53.4 Å². The summed E-state index contributed by atoms with van der Waals surface area (Å²) < 4.78 is 86.2. The maximum Gasteiger partial charge on any atom is 0.429 e. The Bertz CT molecular complexity index is 1960. The first-order valence-electron chi connectivity index (χ1n) is 17.9. The number of nitrogens with zero attached hydrogens (tertiary/aromatic N) is 4. The molecule has 3 aromatic rings. The zero-order valence-corrected chi connectivity index (χ0v) is 32.2. The molecule has 3 heterocycles. The number of piperidine rings is 1. The average Bonchev–Trinajstić information content (AvgIpc) is 3.45. The van der Waals surface area contributed by atoms with E-state index in [1.807, 2.05) is 11.8 Å². The summed E-state index contributed by atoms with van der Waals surface area (Å²) in [6, 6.07) is 10.9. The van der Waals surface area contributed by atoms with Crippen molar-refractivity contribution in [3.8, 4) is 17.0 Å². The number of esters is 1. The number of ether oxygens (including phenoxy) is 3. The summed E-state index contributed by atoms with van der Waals surface area (Å²) in [4.78, 5) is 37.7. The van der Waals surface area contributed by atoms with Crippen molar-refractivity contribution in [1.29, 1.82) is 0 Å². The lowest BCUT2D eigenvalue weighted by Crippen LogP contribution is -2.45. The summed E-state index contributed by atoms with van der Waals surface area (Å²) in [5.74, 6) is -0.926. The van der Waals surface area contributed by atoms with Crippen LogP contribution in [-0.2, 0) is 30.5 Å². The Morgan fingerprint density at radius 1 is 1.04 bits per heavy atom. The van der Waals surface area contributed by atoms with Gasteiger partial charge in [-0.05, 0) is 87.6 Å². The minimum absolute atomic E-state index is 0.0283. The first-order valence-corrected chi connectivity index (χ1v) is 19.8. The zero-order chi connectivity index (χ0) is 39.6. The van der Waals surface area contributed by atoms with Crippen molar-refractivity contribution in [1.82, 2.24) is 14.9 Å². The van der Waals surface area contributed by atoms with Gasteiger partial charge in [0.1, 0.15) is 17.5 Å². The molecule has 2 N–H and O–H groups in total. The number of amides is 1. The minimum Gasteiger partial charge on any atom is -0.464 e. The van der Waals surface area contributed by atoms with Gasteiger partial charge in [0, 0.05) is 37.5 Å². The van der Waals surface area contributed by atoms with E-state index in [0.717, 1.165) is 18.2 Å². The Labute approximate surface area is 314 Å². The molecule has 1 unspecified atom stereocenters. The molecule has 1 spiro atoms. The molecule has 0 saturated carbocycles. The van der Waals surface area contributed by atoms with Gasteiger partial charge < -0.3 is 24.8 Å². The fraction of sp³-hybridized carbons (Fsp3) is 0.526. The number of benzene rings is 2. The van der Waals surface area contributed by atoms with Gasteiger partial charge in [-0.1, -0.05) is 43.7 Å². The number of carbonyl (C=O) groups excluding carboxylic acids is 2. The smallest absolute Gasteiger partial charge is 0.429 e. The standard InChI is InChI=1S/C38H48F3N5O7S/c1-7-10-24-13-14-27(28(19-24)25-11-9-12-26(20-25)54(6,49)50)32(38(39,40)41)52-31-21-30(43-34(42)44-31)45-17-15-37(16-18-45)22-29(33(47)51-8-2)46(23-37)35(48)53-36(3,4)5/h9,11-14,19-21,29,32H,7-8,10,15-18,22-23H2,1-6H3,(H2,42,43,44)/t29?,32-/m1/s1. The Morgan fingerprint density at radius 3 is 2.35 bits per heavy atom. The Balaban J connectivity index is 1.42. The highest BCUT2D eigenvalue weighted by Crippen LogP contribution is 2.46. The molecule has 54 heavy (non-hydrogen) atoms. The van der Waals surface area contributed by atoms with Crippen molar-refractivity contribution in [2.75, 3.05) is 43.1 Å². The second-order valence-electron chi connectivity index (χ2n) is 15.0. The number of sulfone groups is 1. The lowest BCUT2D eigenvalue weighted by Gasteiger charge is -2.39. The zero-order valence-electron chi connectivity index (χ0n) is 31.4. The Kier molecular flexibility index (Phi) is 11.7. The van der Waals surface area contributed by atoms with Gasteiger partial charge in [-0.25, -0.2) is 18.0 Å². The first kappa shape index (κ1) is 40.6. The highest BCUT2D eigenvalue weighted by molar-refractivity contribution is 7.90. The molecule has 16 heteroatoms. The van der Waals surface area contributed by atoms with Crippen LogP contribution in [0.4, 0.5) is 29.7 Å². The molecule has 0 aliphatic carbocycles. The van der Waals surface area contributed by atoms with Gasteiger partial charge in [-0.2, -0.15) is 23.1 Å². The maximum atomic E-state index is 15.0. The predicted octanol–water partition coefficient (Wildman–Crippen LogP) is 6.92. The predicted molar refractivity (Wildman–Crippen MR) is 197 cm³/mol. The molecule has 2 saturated heterocycles. The van der Waals surface area contributed by atoms with Crippen molar-refractivity contribution in [3.63, 3.8) is 0 Å². The molecule has 1 amide bonds. The van der Waals surface area contributed by atoms with Gasteiger partial charge in [0.2, 0.25) is 17.9 Å². The number of rotatable bonds is 10. The van der Waals surface area contributed by atoms with Gasteiger partial charge >= 0.3 is 18.2 Å². The number of nitrogens with two attached hydrogens (primary N) is 1. The largest absolute Gasteiger partial charge is 0.464 e. The summed E-state index contributed by atoms with van der Waals surface area (Å²) in [6.07, 6.45) is -4.18. The van der Waals surface area contributed by atoms with Crippen molar-refractivity contribution < 1.29 is 45.4 Å². The number of anilines is 2. The van der Waals surface area contributed by atoms with Crippen molar-refractivity contribution >= 4 is 33.7 Å². The van der Waals surface area contributed by atoms with E-state index in [1.165, 1.54) is 35.2 Å². The number of hydrogen-bond acceptors (Lipinski definition) is 11. The number of likely N-dealkylation sites (tertiary alicyclic amines) is 1. The highest BCUT2D eigenvalue weighted by atomic mass is 32.2. The summed E-state index contributed by atoms with van der Waals surface area (Å²) in [5.41, 5.74) is 5.87. The van der Waals surface area contributed by atoms with Gasteiger partial charge in [0.05, 0.1) is 11.5 Å². The van der Waals surface area contributed by atoms with Crippen LogP contribution >= 0.6 is 0 Å². The fourth-order valence-corrected chi connectivity index (χ4v) is 7.76. The number of aromatic nitrogens is 2. The van der Waals surface area contributed by atoms with E-state index in [4.69, 9.17) is 19.9 Å². The first-order chi connectivity index (χ1) is 25.2. The monoisotopic (exact) mass is 775 g/mol. The van der Waals surface area contributed by atoms with Crippen molar-refractivity contribution in [2.45, 2.75) is 95.5 Å². The Morgan fingerprint density at radius 2 is 1.74 bits per heavy atom. The van der Waals surface area contributed by atoms with Crippen molar-refractivity contribution in [2.24, 2.45) is 5.41 Å². The van der Waals surface area contributed by atoms with Gasteiger partial charge in [0.15, 0.2) is 9.84 Å². The second-order valence-corrected chi connectivity index (χ2v) is 17.0. The molecule has 2 aromatic carbocycles. The molecule has 2 fully saturated rings. The van der Waals surface area contributed by atoms with Crippen molar-refractivity contribution in [3.05, 3.63) is 59.7 Å². The van der Waals surface area contributed by atoms with Crippen LogP contribution in [0.1, 0.15) is 77.5 Å². The molecule has 0 radical (unpaired) electrons. The summed E-state index contributed by atoms with van der Waals surface area (Å²) in [5, 5.41) is 0. The quantitative estimate of drug-likeness (QED) is 0.214. The molecule has 5 rings (SSSR count).